The molecule has 0 saturated heterocycles. The highest BCUT2D eigenvalue weighted by molar-refractivity contribution is 5.61. The summed E-state index contributed by atoms with van der Waals surface area (Å²) in [5, 5.41) is 8.61. The van der Waals surface area contributed by atoms with Crippen molar-refractivity contribution in [3.63, 3.8) is 0 Å². The van der Waals surface area contributed by atoms with Crippen molar-refractivity contribution in [3.05, 3.63) is 36.4 Å². The molecule has 0 atom stereocenters. The summed E-state index contributed by atoms with van der Waals surface area (Å²) < 4.78 is 0. The molecule has 0 amide bonds. The van der Waals surface area contributed by atoms with Crippen LogP contribution in [0.1, 0.15) is 12.5 Å². The van der Waals surface area contributed by atoms with E-state index in [1.807, 2.05) is 19.1 Å². The monoisotopic (exact) mass is 135 g/mol. The fraction of sp³-hybridized carbons (Fsp3) is 0.125. The van der Waals surface area contributed by atoms with Gasteiger partial charge in [0.2, 0.25) is 0 Å². The van der Waals surface area contributed by atoms with Crippen molar-refractivity contribution in [3.8, 4) is 0 Å². The van der Waals surface area contributed by atoms with Crippen LogP contribution in [0.3, 0.4) is 0 Å². The minimum absolute atomic E-state index is 0.849. The molecule has 0 radical (unpaired) electrons. The average molecular weight is 135 g/mol. The molecule has 2 heteroatoms. The molecule has 1 rings (SSSR count). The highest BCUT2D eigenvalue weighted by Gasteiger charge is 1.90. The van der Waals surface area contributed by atoms with Gasteiger partial charge < -0.3 is 5.11 Å². The smallest absolute Gasteiger partial charge is 0.0826 e. The molecule has 10 heavy (non-hydrogen) atoms. The normalized spacial score (nSPS) is 11.5. The van der Waals surface area contributed by atoms with Gasteiger partial charge in [0.1, 0.15) is 0 Å². The number of hydrogen-bond acceptors (Lipinski definition) is 2. The minimum Gasteiger partial charge on any atom is -0.515 e. The zero-order valence-corrected chi connectivity index (χ0v) is 5.78. The van der Waals surface area contributed by atoms with Gasteiger partial charge in [-0.05, 0) is 30.2 Å². The van der Waals surface area contributed by atoms with Crippen molar-refractivity contribution < 1.29 is 5.11 Å². The molecule has 0 bridgehead atoms. The van der Waals surface area contributed by atoms with Gasteiger partial charge in [0.05, 0.1) is 6.26 Å². The fourth-order valence-electron chi connectivity index (χ4n) is 0.689. The second-order valence-corrected chi connectivity index (χ2v) is 2.05. The molecule has 0 saturated carbocycles. The first-order chi connectivity index (χ1) is 4.84. The van der Waals surface area contributed by atoms with E-state index in [2.05, 4.69) is 4.98 Å². The topological polar surface area (TPSA) is 33.1 Å². The molecule has 0 fully saturated rings. The van der Waals surface area contributed by atoms with Crippen LogP contribution in [0.15, 0.2) is 30.8 Å². The Balaban J connectivity index is 2.96. The van der Waals surface area contributed by atoms with E-state index in [0.29, 0.717) is 0 Å². The minimum atomic E-state index is 0.849. The third-order valence-electron chi connectivity index (χ3n) is 1.33. The van der Waals surface area contributed by atoms with Gasteiger partial charge in [0.15, 0.2) is 0 Å². The van der Waals surface area contributed by atoms with Crippen LogP contribution in [-0.4, -0.2) is 10.1 Å². The van der Waals surface area contributed by atoms with Gasteiger partial charge >= 0.3 is 0 Å². The number of rotatable bonds is 1. The third-order valence-corrected chi connectivity index (χ3v) is 1.33. The zero-order chi connectivity index (χ0) is 7.40. The Morgan fingerprint density at radius 3 is 2.60 bits per heavy atom. The van der Waals surface area contributed by atoms with Gasteiger partial charge in [-0.15, -0.1) is 0 Å². The van der Waals surface area contributed by atoms with Crippen LogP contribution in [0.5, 0.6) is 0 Å². The first-order valence-corrected chi connectivity index (χ1v) is 3.06. The van der Waals surface area contributed by atoms with E-state index in [1.54, 1.807) is 12.4 Å². The molecule has 1 aromatic rings. The van der Waals surface area contributed by atoms with Crippen LogP contribution in [-0.2, 0) is 0 Å². The van der Waals surface area contributed by atoms with E-state index in [4.69, 9.17) is 5.11 Å². The molecular weight excluding hydrogens is 126 g/mol. The Kier molecular flexibility index (Phi) is 2.05. The van der Waals surface area contributed by atoms with Crippen LogP contribution in [0.25, 0.3) is 5.57 Å². The Labute approximate surface area is 59.9 Å². The van der Waals surface area contributed by atoms with Crippen molar-refractivity contribution in [1.82, 2.24) is 4.98 Å². The van der Waals surface area contributed by atoms with Gasteiger partial charge in [0.25, 0.3) is 0 Å². The average Bonchev–Trinajstić information content (AvgIpc) is 2.05. The van der Waals surface area contributed by atoms with Gasteiger partial charge in [0, 0.05) is 12.4 Å². The van der Waals surface area contributed by atoms with Crippen LogP contribution in [0.2, 0.25) is 0 Å². The van der Waals surface area contributed by atoms with Gasteiger partial charge in [-0.3, -0.25) is 4.98 Å². The molecule has 52 valence electrons. The first kappa shape index (κ1) is 6.81. The van der Waals surface area contributed by atoms with E-state index in [0.717, 1.165) is 17.4 Å². The number of hydrogen-bond donors (Lipinski definition) is 1. The molecule has 0 spiro atoms. The van der Waals surface area contributed by atoms with E-state index in [-0.39, 0.29) is 0 Å². The van der Waals surface area contributed by atoms with E-state index in [9.17, 15) is 0 Å². The van der Waals surface area contributed by atoms with E-state index in [1.165, 1.54) is 0 Å². The van der Waals surface area contributed by atoms with Gasteiger partial charge in [-0.2, -0.15) is 0 Å². The highest BCUT2D eigenvalue weighted by atomic mass is 16.2. The van der Waals surface area contributed by atoms with Crippen LogP contribution >= 0.6 is 0 Å². The molecule has 1 heterocycles. The molecule has 0 aliphatic heterocycles. The van der Waals surface area contributed by atoms with Crippen molar-refractivity contribution in [2.75, 3.05) is 0 Å². The quantitative estimate of drug-likeness (QED) is 0.597. The Bertz CT molecular complexity index is 228. The fourth-order valence-corrected chi connectivity index (χ4v) is 0.689. The Morgan fingerprint density at radius 2 is 2.10 bits per heavy atom. The van der Waals surface area contributed by atoms with Crippen molar-refractivity contribution >= 4 is 5.57 Å². The lowest BCUT2D eigenvalue weighted by Gasteiger charge is -1.95. The molecule has 0 aliphatic rings. The van der Waals surface area contributed by atoms with E-state index >= 15 is 0 Å². The lowest BCUT2D eigenvalue weighted by molar-refractivity contribution is 0.475. The van der Waals surface area contributed by atoms with Crippen molar-refractivity contribution in [2.24, 2.45) is 0 Å². The standard InChI is InChI=1S/C8H9NO/c1-7(6-10)8-2-4-9-5-3-8/h2-6,10H,1H3/b7-6-. The molecule has 0 aliphatic carbocycles. The summed E-state index contributed by atoms with van der Waals surface area (Å²) in [4.78, 5) is 3.85. The lowest BCUT2D eigenvalue weighted by Crippen LogP contribution is -1.78. The molecule has 2 nitrogen and oxygen atoms in total. The summed E-state index contributed by atoms with van der Waals surface area (Å²) >= 11 is 0. The van der Waals surface area contributed by atoms with Crippen LogP contribution in [0.4, 0.5) is 0 Å². The first-order valence-electron chi connectivity index (χ1n) is 3.06. The maximum atomic E-state index is 8.61. The Morgan fingerprint density at radius 1 is 1.50 bits per heavy atom. The summed E-state index contributed by atoms with van der Waals surface area (Å²) in [7, 11) is 0. The summed E-state index contributed by atoms with van der Waals surface area (Å²) in [6, 6.07) is 3.70. The number of pyridine rings is 1. The predicted octanol–water partition coefficient (Wildman–Crippen LogP) is 2.00. The summed E-state index contributed by atoms with van der Waals surface area (Å²) in [6.45, 7) is 1.84. The van der Waals surface area contributed by atoms with Crippen molar-refractivity contribution in [1.29, 1.82) is 0 Å². The molecular formula is C8H9NO. The number of aromatic nitrogens is 1. The molecule has 0 aromatic carbocycles. The largest absolute Gasteiger partial charge is 0.515 e. The van der Waals surface area contributed by atoms with Gasteiger partial charge in [-0.1, -0.05) is 0 Å². The summed E-state index contributed by atoms with van der Waals surface area (Å²) in [5.41, 5.74) is 1.85. The number of allylic oxidation sites excluding steroid dienone is 1. The number of aliphatic hydroxyl groups excluding tert-OH is 1. The number of aliphatic hydroxyl groups is 1. The maximum Gasteiger partial charge on any atom is 0.0826 e. The van der Waals surface area contributed by atoms with E-state index < -0.39 is 0 Å². The summed E-state index contributed by atoms with van der Waals surface area (Å²) in [5.74, 6) is 0. The third kappa shape index (κ3) is 1.35. The molecule has 0 unspecified atom stereocenters. The van der Waals surface area contributed by atoms with Crippen molar-refractivity contribution in [2.45, 2.75) is 6.92 Å². The summed E-state index contributed by atoms with van der Waals surface area (Å²) in [6.07, 6.45) is 4.49. The highest BCUT2D eigenvalue weighted by Crippen LogP contribution is 2.09. The second-order valence-electron chi connectivity index (χ2n) is 2.05. The van der Waals surface area contributed by atoms with Crippen LogP contribution < -0.4 is 0 Å². The second kappa shape index (κ2) is 3.01. The molecule has 1 N–H and O–H groups in total. The maximum absolute atomic E-state index is 8.61. The predicted molar refractivity (Wildman–Crippen MR) is 40.5 cm³/mol. The van der Waals surface area contributed by atoms with Gasteiger partial charge in [-0.25, -0.2) is 0 Å². The van der Waals surface area contributed by atoms with Crippen LogP contribution in [0, 0.1) is 0 Å². The lowest BCUT2D eigenvalue weighted by atomic mass is 10.1. The SMILES string of the molecule is C/C(=C/O)c1ccncc1. The zero-order valence-electron chi connectivity index (χ0n) is 5.78. The number of nitrogens with zero attached hydrogens (tertiary/aromatic N) is 1. The molecule has 1 aromatic heterocycles. The Hall–Kier alpha value is -1.31.